The van der Waals surface area contributed by atoms with Crippen molar-refractivity contribution in [3.05, 3.63) is 97.2 Å². The molecule has 0 aliphatic heterocycles. The monoisotopic (exact) mass is 1080 g/mol. The van der Waals surface area contributed by atoms with Gasteiger partial charge in [-0.1, -0.05) is 304 Å². The molecule has 0 amide bonds. The van der Waals surface area contributed by atoms with Crippen LogP contribution in [-0.4, -0.2) is 37.2 Å². The van der Waals surface area contributed by atoms with E-state index >= 15 is 0 Å². The first kappa shape index (κ1) is 74.3. The summed E-state index contributed by atoms with van der Waals surface area (Å²) in [6, 6.07) is 0. The number of esters is 3. The van der Waals surface area contributed by atoms with Crippen molar-refractivity contribution in [1.29, 1.82) is 0 Å². The maximum absolute atomic E-state index is 12.9. The van der Waals surface area contributed by atoms with Crippen LogP contribution in [0.1, 0.15) is 323 Å². The number of allylic oxidation sites excluding steroid dienone is 16. The lowest BCUT2D eigenvalue weighted by atomic mass is 10.0. The van der Waals surface area contributed by atoms with E-state index in [1.54, 1.807) is 0 Å². The Morgan fingerprint density at radius 3 is 0.782 bits per heavy atom. The zero-order valence-electron chi connectivity index (χ0n) is 51.4. The predicted molar refractivity (Wildman–Crippen MR) is 339 cm³/mol. The summed E-state index contributed by atoms with van der Waals surface area (Å²) in [6.07, 6.45) is 88.5. The minimum atomic E-state index is -0.794. The largest absolute Gasteiger partial charge is 0.462 e. The van der Waals surface area contributed by atoms with E-state index in [1.807, 2.05) is 0 Å². The van der Waals surface area contributed by atoms with Gasteiger partial charge in [-0.05, 0) is 96.3 Å². The molecule has 0 rings (SSSR count). The Morgan fingerprint density at radius 1 is 0.269 bits per heavy atom. The number of carbonyl (C=O) groups excluding carboxylic acids is 3. The fraction of sp³-hybridized carbons (Fsp3) is 0.736. The van der Waals surface area contributed by atoms with Crippen molar-refractivity contribution in [3.63, 3.8) is 0 Å². The van der Waals surface area contributed by atoms with Gasteiger partial charge in [0.15, 0.2) is 6.10 Å². The molecule has 0 aromatic rings. The summed E-state index contributed by atoms with van der Waals surface area (Å²) in [7, 11) is 0. The summed E-state index contributed by atoms with van der Waals surface area (Å²) in [5.74, 6) is -0.905. The smallest absolute Gasteiger partial charge is 0.306 e. The van der Waals surface area contributed by atoms with Gasteiger partial charge in [-0.2, -0.15) is 0 Å². The van der Waals surface area contributed by atoms with E-state index in [0.29, 0.717) is 19.3 Å². The summed E-state index contributed by atoms with van der Waals surface area (Å²) in [4.78, 5) is 38.4. The van der Waals surface area contributed by atoms with Crippen LogP contribution in [0.5, 0.6) is 0 Å². The van der Waals surface area contributed by atoms with Gasteiger partial charge < -0.3 is 14.2 Å². The molecule has 0 aliphatic carbocycles. The number of unbranched alkanes of at least 4 members (excludes halogenated alkanes) is 33. The molecule has 78 heavy (non-hydrogen) atoms. The van der Waals surface area contributed by atoms with Gasteiger partial charge in [0, 0.05) is 19.3 Å². The van der Waals surface area contributed by atoms with Crippen molar-refractivity contribution >= 4 is 17.9 Å². The van der Waals surface area contributed by atoms with Crippen molar-refractivity contribution in [1.82, 2.24) is 0 Å². The van der Waals surface area contributed by atoms with Crippen molar-refractivity contribution in [2.45, 2.75) is 329 Å². The van der Waals surface area contributed by atoms with Crippen LogP contribution in [0.4, 0.5) is 0 Å². The van der Waals surface area contributed by atoms with Crippen LogP contribution in [0.25, 0.3) is 0 Å². The van der Waals surface area contributed by atoms with Gasteiger partial charge in [-0.25, -0.2) is 0 Å². The van der Waals surface area contributed by atoms with E-state index < -0.39 is 6.10 Å². The maximum Gasteiger partial charge on any atom is 0.306 e. The average Bonchev–Trinajstić information content (AvgIpc) is 3.44. The van der Waals surface area contributed by atoms with Gasteiger partial charge in [0.1, 0.15) is 13.2 Å². The normalized spacial score (nSPS) is 12.7. The molecule has 0 spiro atoms. The Hall–Kier alpha value is -3.67. The Balaban J connectivity index is 4.39. The molecule has 6 heteroatoms. The third-order valence-electron chi connectivity index (χ3n) is 14.3. The maximum atomic E-state index is 12.9. The van der Waals surface area contributed by atoms with Gasteiger partial charge in [-0.3, -0.25) is 14.4 Å². The Bertz CT molecular complexity index is 1530. The number of hydrogen-bond acceptors (Lipinski definition) is 6. The number of carbonyl (C=O) groups is 3. The third-order valence-corrected chi connectivity index (χ3v) is 14.3. The first-order valence-electron chi connectivity index (χ1n) is 33.2. The second kappa shape index (κ2) is 65.8. The zero-order chi connectivity index (χ0) is 56.4. The highest BCUT2D eigenvalue weighted by atomic mass is 16.6. The average molecular weight is 1090 g/mol. The lowest BCUT2D eigenvalue weighted by Crippen LogP contribution is -2.30. The van der Waals surface area contributed by atoms with Crippen molar-refractivity contribution in [2.75, 3.05) is 13.2 Å². The van der Waals surface area contributed by atoms with Crippen LogP contribution in [0, 0.1) is 0 Å². The minimum absolute atomic E-state index is 0.0866. The van der Waals surface area contributed by atoms with Crippen LogP contribution in [0.2, 0.25) is 0 Å². The molecule has 1 atom stereocenters. The molecule has 0 aliphatic rings. The standard InChI is InChI=1S/C72H124O6/c1-4-7-10-13-16-19-22-25-28-31-33-35-37-38-41-44-47-50-53-56-59-62-65-71(74)77-68-69(67-76-70(73)64-61-58-55-52-49-46-43-40-30-27-24-21-18-15-12-9-6-3)78-72(75)66-63-60-57-54-51-48-45-42-39-36-34-32-29-26-23-20-17-14-11-8-5-2/h8-9,11-12,17-18,20-21,26-27,29-30,34,36,43,46,69H,4-7,10,13-16,19,22-25,28,31-33,35,37-42,44-45,47-68H2,1-3H3/b11-8-,12-9-,20-17-,21-18-,29-26-,30-27-,36-34-,46-43-. The summed E-state index contributed by atoms with van der Waals surface area (Å²) >= 11 is 0. The van der Waals surface area contributed by atoms with Crippen LogP contribution in [-0.2, 0) is 28.6 Å². The molecule has 0 N–H and O–H groups in total. The summed E-state index contributed by atoms with van der Waals surface area (Å²) in [6.45, 7) is 6.43. The summed E-state index contributed by atoms with van der Waals surface area (Å²) < 4.78 is 16.9. The lowest BCUT2D eigenvalue weighted by Gasteiger charge is -2.18. The molecule has 0 aromatic carbocycles. The molecule has 448 valence electrons. The Labute approximate surface area is 483 Å². The van der Waals surface area contributed by atoms with Gasteiger partial charge in [0.05, 0.1) is 0 Å². The van der Waals surface area contributed by atoms with Gasteiger partial charge in [0.2, 0.25) is 0 Å². The molecule has 0 radical (unpaired) electrons. The summed E-state index contributed by atoms with van der Waals surface area (Å²) in [5, 5.41) is 0. The second-order valence-electron chi connectivity index (χ2n) is 22.0. The molecular weight excluding hydrogens is 961 g/mol. The zero-order valence-corrected chi connectivity index (χ0v) is 51.4. The lowest BCUT2D eigenvalue weighted by molar-refractivity contribution is -0.167. The van der Waals surface area contributed by atoms with Crippen molar-refractivity contribution in [3.8, 4) is 0 Å². The SMILES string of the molecule is CC/C=C\C/C=C\C/C=C\C/C=C\CCCCCCCCCCC(=O)OC(COC(=O)CCCCCC/C=C\C/C=C\C/C=C\C/C=C\CC)COC(=O)CCCCCCCCCCCCCCCCCCCCCCCC. The van der Waals surface area contributed by atoms with Gasteiger partial charge >= 0.3 is 17.9 Å². The first-order valence-corrected chi connectivity index (χ1v) is 33.2. The third kappa shape index (κ3) is 63.2. The van der Waals surface area contributed by atoms with E-state index in [9.17, 15) is 14.4 Å². The predicted octanol–water partition coefficient (Wildman–Crippen LogP) is 22.8. The highest BCUT2D eigenvalue weighted by Crippen LogP contribution is 2.17. The van der Waals surface area contributed by atoms with Crippen molar-refractivity contribution < 1.29 is 28.6 Å². The van der Waals surface area contributed by atoms with E-state index in [2.05, 4.69) is 118 Å². The Kier molecular flexibility index (Phi) is 62.7. The van der Waals surface area contributed by atoms with E-state index in [1.165, 1.54) is 154 Å². The highest BCUT2D eigenvalue weighted by Gasteiger charge is 2.19. The Morgan fingerprint density at radius 2 is 0.500 bits per heavy atom. The van der Waals surface area contributed by atoms with Crippen molar-refractivity contribution in [2.24, 2.45) is 0 Å². The number of ether oxygens (including phenoxy) is 3. The molecule has 0 saturated heterocycles. The van der Waals surface area contributed by atoms with E-state index in [-0.39, 0.29) is 31.1 Å². The van der Waals surface area contributed by atoms with Crippen LogP contribution in [0.3, 0.4) is 0 Å². The van der Waals surface area contributed by atoms with Gasteiger partial charge in [0.25, 0.3) is 0 Å². The molecule has 0 bridgehead atoms. The fourth-order valence-corrected chi connectivity index (χ4v) is 9.43. The fourth-order valence-electron chi connectivity index (χ4n) is 9.43. The molecule has 0 heterocycles. The number of rotatable bonds is 60. The quantitative estimate of drug-likeness (QED) is 0.0261. The van der Waals surface area contributed by atoms with Crippen LogP contribution in [0.15, 0.2) is 97.2 Å². The van der Waals surface area contributed by atoms with E-state index in [4.69, 9.17) is 14.2 Å². The number of hydrogen-bond donors (Lipinski definition) is 0. The van der Waals surface area contributed by atoms with Crippen LogP contribution < -0.4 is 0 Å². The molecule has 0 saturated carbocycles. The molecule has 0 fully saturated rings. The molecular formula is C72H124O6. The molecule has 0 aromatic heterocycles. The van der Waals surface area contributed by atoms with Gasteiger partial charge in [-0.15, -0.1) is 0 Å². The second-order valence-corrected chi connectivity index (χ2v) is 22.0. The van der Waals surface area contributed by atoms with Crippen LogP contribution >= 0.6 is 0 Å². The summed E-state index contributed by atoms with van der Waals surface area (Å²) in [5.41, 5.74) is 0. The minimum Gasteiger partial charge on any atom is -0.462 e. The highest BCUT2D eigenvalue weighted by molar-refractivity contribution is 5.71. The van der Waals surface area contributed by atoms with E-state index in [0.717, 1.165) is 128 Å². The molecule has 1 unspecified atom stereocenters. The first-order chi connectivity index (χ1) is 38.5. The topological polar surface area (TPSA) is 78.9 Å². The molecule has 6 nitrogen and oxygen atoms in total.